The second-order valence-corrected chi connectivity index (χ2v) is 7.59. The number of carbonyl (C=O) groups excluding carboxylic acids is 3. The zero-order chi connectivity index (χ0) is 22.0. The van der Waals surface area contributed by atoms with Gasteiger partial charge in [-0.3, -0.25) is 14.5 Å². The van der Waals surface area contributed by atoms with Crippen LogP contribution >= 0.6 is 0 Å². The molecule has 8 heteroatoms. The third kappa shape index (κ3) is 4.25. The average Bonchev–Trinajstić information content (AvgIpc) is 3.08. The standard InChI is InChI=1S/C23H25N3O5/c1-2-31-23(30)16-3-5-18(6-4-16)26-21(28)15-20(22(26)29)25-13-11-24(12-14-25)17-7-9-19(27)10-8-17/h3-10,20,27H,2,11-15H2,1H3/t20-/m0/s1. The van der Waals surface area contributed by atoms with Crippen LogP contribution in [-0.2, 0) is 14.3 Å². The highest BCUT2D eigenvalue weighted by Gasteiger charge is 2.43. The summed E-state index contributed by atoms with van der Waals surface area (Å²) in [5.74, 6) is -0.669. The van der Waals surface area contributed by atoms with Crippen LogP contribution in [0.1, 0.15) is 23.7 Å². The van der Waals surface area contributed by atoms with Crippen molar-refractivity contribution in [3.63, 3.8) is 0 Å². The quantitative estimate of drug-likeness (QED) is 0.581. The van der Waals surface area contributed by atoms with Crippen molar-refractivity contribution in [1.82, 2.24) is 4.90 Å². The normalized spacial score (nSPS) is 19.7. The minimum Gasteiger partial charge on any atom is -0.508 e. The average molecular weight is 423 g/mol. The molecule has 31 heavy (non-hydrogen) atoms. The van der Waals surface area contributed by atoms with E-state index in [1.54, 1.807) is 43.3 Å². The van der Waals surface area contributed by atoms with E-state index in [4.69, 9.17) is 4.74 Å². The van der Waals surface area contributed by atoms with Crippen molar-refractivity contribution in [3.8, 4) is 5.75 Å². The van der Waals surface area contributed by atoms with Crippen molar-refractivity contribution in [3.05, 3.63) is 54.1 Å². The fourth-order valence-electron chi connectivity index (χ4n) is 4.09. The van der Waals surface area contributed by atoms with E-state index in [-0.39, 0.29) is 30.6 Å². The molecule has 2 heterocycles. The molecule has 0 saturated carbocycles. The Hall–Kier alpha value is -3.39. The number of amides is 2. The Bertz CT molecular complexity index is 966. The molecular formula is C23H25N3O5. The summed E-state index contributed by atoms with van der Waals surface area (Å²) in [5.41, 5.74) is 1.87. The Balaban J connectivity index is 1.40. The zero-order valence-corrected chi connectivity index (χ0v) is 17.4. The van der Waals surface area contributed by atoms with E-state index in [9.17, 15) is 19.5 Å². The molecule has 2 aliphatic rings. The summed E-state index contributed by atoms with van der Waals surface area (Å²) in [6.45, 7) is 4.82. The minimum absolute atomic E-state index is 0.150. The maximum atomic E-state index is 13.1. The summed E-state index contributed by atoms with van der Waals surface area (Å²) < 4.78 is 4.97. The molecule has 1 atom stereocenters. The van der Waals surface area contributed by atoms with Crippen molar-refractivity contribution in [2.75, 3.05) is 42.6 Å². The molecule has 2 amide bonds. The van der Waals surface area contributed by atoms with Crippen molar-refractivity contribution >= 4 is 29.2 Å². The predicted octanol–water partition coefficient (Wildman–Crippen LogP) is 2.02. The largest absolute Gasteiger partial charge is 0.508 e. The van der Waals surface area contributed by atoms with Crippen LogP contribution in [-0.4, -0.2) is 66.6 Å². The molecule has 0 radical (unpaired) electrons. The first-order chi connectivity index (χ1) is 15.0. The van der Waals surface area contributed by atoms with Gasteiger partial charge < -0.3 is 14.7 Å². The number of rotatable bonds is 5. The SMILES string of the molecule is CCOC(=O)c1ccc(N2C(=O)C[C@H](N3CCN(c4ccc(O)cc4)CC3)C2=O)cc1. The topological polar surface area (TPSA) is 90.4 Å². The lowest BCUT2D eigenvalue weighted by Gasteiger charge is -2.38. The molecule has 2 fully saturated rings. The molecule has 8 nitrogen and oxygen atoms in total. The number of ether oxygens (including phenoxy) is 1. The van der Waals surface area contributed by atoms with Crippen LogP contribution in [0.4, 0.5) is 11.4 Å². The Kier molecular flexibility index (Phi) is 5.90. The lowest BCUT2D eigenvalue weighted by Crippen LogP contribution is -2.52. The number of phenolic OH excluding ortho intramolecular Hbond substituents is 1. The number of carbonyl (C=O) groups is 3. The maximum absolute atomic E-state index is 13.1. The molecule has 0 bridgehead atoms. The third-order valence-electron chi connectivity index (χ3n) is 5.73. The smallest absolute Gasteiger partial charge is 0.338 e. The molecule has 2 aromatic rings. The van der Waals surface area contributed by atoms with Gasteiger partial charge in [0, 0.05) is 31.9 Å². The molecule has 1 N–H and O–H groups in total. The molecule has 162 valence electrons. The maximum Gasteiger partial charge on any atom is 0.338 e. The van der Waals surface area contributed by atoms with E-state index in [2.05, 4.69) is 9.80 Å². The van der Waals surface area contributed by atoms with Gasteiger partial charge in [0.05, 0.1) is 30.3 Å². The summed E-state index contributed by atoms with van der Waals surface area (Å²) in [6.07, 6.45) is 0.150. The second-order valence-electron chi connectivity index (χ2n) is 7.59. The number of piperazine rings is 1. The number of aromatic hydroxyl groups is 1. The van der Waals surface area contributed by atoms with E-state index in [1.807, 2.05) is 12.1 Å². The van der Waals surface area contributed by atoms with Gasteiger partial charge in [-0.1, -0.05) is 0 Å². The first kappa shape index (κ1) is 20.9. The van der Waals surface area contributed by atoms with Gasteiger partial charge in [0.25, 0.3) is 5.91 Å². The highest BCUT2D eigenvalue weighted by atomic mass is 16.5. The van der Waals surface area contributed by atoms with Gasteiger partial charge in [-0.05, 0) is 55.5 Å². The molecule has 4 rings (SSSR count). The van der Waals surface area contributed by atoms with Gasteiger partial charge in [-0.15, -0.1) is 0 Å². The Morgan fingerprint density at radius 1 is 0.968 bits per heavy atom. The van der Waals surface area contributed by atoms with E-state index in [0.717, 1.165) is 18.8 Å². The number of anilines is 2. The number of hydrogen-bond donors (Lipinski definition) is 1. The van der Waals surface area contributed by atoms with Gasteiger partial charge in [0.15, 0.2) is 0 Å². The molecule has 2 aromatic carbocycles. The monoisotopic (exact) mass is 423 g/mol. The molecule has 0 aliphatic carbocycles. The van der Waals surface area contributed by atoms with Crippen LogP contribution in [0.3, 0.4) is 0 Å². The molecule has 0 aromatic heterocycles. The fraction of sp³-hybridized carbons (Fsp3) is 0.348. The summed E-state index contributed by atoms with van der Waals surface area (Å²) in [5, 5.41) is 9.46. The van der Waals surface area contributed by atoms with E-state index < -0.39 is 12.0 Å². The zero-order valence-electron chi connectivity index (χ0n) is 17.4. The predicted molar refractivity (Wildman–Crippen MR) is 115 cm³/mol. The van der Waals surface area contributed by atoms with Gasteiger partial charge >= 0.3 is 5.97 Å². The number of hydrogen-bond acceptors (Lipinski definition) is 7. The molecule has 0 spiro atoms. The summed E-state index contributed by atoms with van der Waals surface area (Å²) in [6, 6.07) is 12.9. The number of phenols is 1. The van der Waals surface area contributed by atoms with Crippen LogP contribution in [0.5, 0.6) is 5.75 Å². The lowest BCUT2D eigenvalue weighted by atomic mass is 10.1. The summed E-state index contributed by atoms with van der Waals surface area (Å²) in [7, 11) is 0. The van der Waals surface area contributed by atoms with Crippen molar-refractivity contribution in [2.45, 2.75) is 19.4 Å². The van der Waals surface area contributed by atoms with Gasteiger partial charge in [0.2, 0.25) is 5.91 Å². The third-order valence-corrected chi connectivity index (χ3v) is 5.73. The Morgan fingerprint density at radius 3 is 2.19 bits per heavy atom. The Labute approximate surface area is 180 Å². The van der Waals surface area contributed by atoms with Crippen molar-refractivity contribution in [1.29, 1.82) is 0 Å². The van der Waals surface area contributed by atoms with Gasteiger partial charge in [-0.25, -0.2) is 9.69 Å². The van der Waals surface area contributed by atoms with Crippen molar-refractivity contribution in [2.24, 2.45) is 0 Å². The molecular weight excluding hydrogens is 398 g/mol. The molecule has 0 unspecified atom stereocenters. The van der Waals surface area contributed by atoms with Crippen LogP contribution in [0.25, 0.3) is 0 Å². The first-order valence-corrected chi connectivity index (χ1v) is 10.4. The van der Waals surface area contributed by atoms with Crippen LogP contribution in [0.15, 0.2) is 48.5 Å². The van der Waals surface area contributed by atoms with Crippen LogP contribution in [0, 0.1) is 0 Å². The van der Waals surface area contributed by atoms with Crippen LogP contribution in [0.2, 0.25) is 0 Å². The van der Waals surface area contributed by atoms with Crippen LogP contribution < -0.4 is 9.80 Å². The van der Waals surface area contributed by atoms with Gasteiger partial charge in [-0.2, -0.15) is 0 Å². The number of imide groups is 1. The second kappa shape index (κ2) is 8.77. The first-order valence-electron chi connectivity index (χ1n) is 10.4. The number of nitrogens with zero attached hydrogens (tertiary/aromatic N) is 3. The summed E-state index contributed by atoms with van der Waals surface area (Å²) >= 11 is 0. The van der Waals surface area contributed by atoms with E-state index >= 15 is 0 Å². The highest BCUT2D eigenvalue weighted by Crippen LogP contribution is 2.28. The van der Waals surface area contributed by atoms with E-state index in [1.165, 1.54) is 4.90 Å². The number of esters is 1. The minimum atomic E-state index is -0.473. The van der Waals surface area contributed by atoms with Gasteiger partial charge in [0.1, 0.15) is 5.75 Å². The summed E-state index contributed by atoms with van der Waals surface area (Å²) in [4.78, 5) is 43.0. The molecule has 2 saturated heterocycles. The highest BCUT2D eigenvalue weighted by molar-refractivity contribution is 6.22. The number of benzene rings is 2. The lowest BCUT2D eigenvalue weighted by molar-refractivity contribution is -0.123. The van der Waals surface area contributed by atoms with Crippen molar-refractivity contribution < 1.29 is 24.2 Å². The Morgan fingerprint density at radius 2 is 1.58 bits per heavy atom. The fourth-order valence-corrected chi connectivity index (χ4v) is 4.09. The van der Waals surface area contributed by atoms with E-state index in [0.29, 0.717) is 24.3 Å². The molecule has 2 aliphatic heterocycles.